The molecular formula is C14H12BrN3O2. The SMILES string of the molecule is Cc1cc2nc(COc3ccccc3Br)cc(=O)n2[nH]1. The molecule has 0 saturated heterocycles. The minimum absolute atomic E-state index is 0.145. The second kappa shape index (κ2) is 5.13. The smallest absolute Gasteiger partial charge is 0.273 e. The van der Waals surface area contributed by atoms with Crippen molar-refractivity contribution >= 4 is 21.6 Å². The van der Waals surface area contributed by atoms with Gasteiger partial charge in [-0.1, -0.05) is 12.1 Å². The van der Waals surface area contributed by atoms with Crippen molar-refractivity contribution in [3.63, 3.8) is 0 Å². The zero-order chi connectivity index (χ0) is 14.1. The molecular weight excluding hydrogens is 322 g/mol. The molecule has 2 heterocycles. The van der Waals surface area contributed by atoms with Gasteiger partial charge in [0.1, 0.15) is 12.4 Å². The predicted molar refractivity (Wildman–Crippen MR) is 79.0 cm³/mol. The predicted octanol–water partition coefficient (Wildman–Crippen LogP) is 2.67. The lowest BCUT2D eigenvalue weighted by molar-refractivity contribution is 0.299. The van der Waals surface area contributed by atoms with Crippen LogP contribution in [0.2, 0.25) is 0 Å². The molecule has 1 N–H and O–H groups in total. The fourth-order valence-electron chi connectivity index (χ4n) is 1.95. The van der Waals surface area contributed by atoms with Crippen molar-refractivity contribution in [2.45, 2.75) is 13.5 Å². The number of aromatic amines is 1. The van der Waals surface area contributed by atoms with Gasteiger partial charge in [0.25, 0.3) is 5.56 Å². The minimum Gasteiger partial charge on any atom is -0.486 e. The van der Waals surface area contributed by atoms with Gasteiger partial charge in [-0.25, -0.2) is 9.50 Å². The van der Waals surface area contributed by atoms with E-state index in [9.17, 15) is 4.79 Å². The summed E-state index contributed by atoms with van der Waals surface area (Å²) in [4.78, 5) is 16.3. The van der Waals surface area contributed by atoms with Gasteiger partial charge >= 0.3 is 0 Å². The number of nitrogens with one attached hydrogen (secondary N) is 1. The van der Waals surface area contributed by atoms with Gasteiger partial charge in [-0.15, -0.1) is 0 Å². The van der Waals surface area contributed by atoms with E-state index >= 15 is 0 Å². The Labute approximate surface area is 123 Å². The third-order valence-electron chi connectivity index (χ3n) is 2.84. The Bertz CT molecular complexity index is 823. The Morgan fingerprint density at radius 1 is 1.35 bits per heavy atom. The van der Waals surface area contributed by atoms with E-state index in [1.165, 1.54) is 10.6 Å². The average molecular weight is 334 g/mol. The molecule has 6 heteroatoms. The molecule has 2 aromatic heterocycles. The second-order valence-corrected chi connectivity index (χ2v) is 5.29. The van der Waals surface area contributed by atoms with Crippen LogP contribution in [0.25, 0.3) is 5.65 Å². The van der Waals surface area contributed by atoms with Crippen LogP contribution in [-0.2, 0) is 6.61 Å². The van der Waals surface area contributed by atoms with Gasteiger partial charge in [0, 0.05) is 17.8 Å². The number of ether oxygens (including phenoxy) is 1. The average Bonchev–Trinajstić information content (AvgIpc) is 2.79. The normalized spacial score (nSPS) is 10.9. The van der Waals surface area contributed by atoms with Crippen LogP contribution in [0.4, 0.5) is 0 Å². The van der Waals surface area contributed by atoms with Crippen molar-refractivity contribution in [3.8, 4) is 5.75 Å². The standard InChI is InChI=1S/C14H12BrN3O2/c1-9-6-13-16-10(7-14(19)18(13)17-9)8-20-12-5-3-2-4-11(12)15/h2-7,17H,8H2,1H3. The highest BCUT2D eigenvalue weighted by molar-refractivity contribution is 9.10. The van der Waals surface area contributed by atoms with E-state index in [0.717, 1.165) is 15.9 Å². The van der Waals surface area contributed by atoms with Crippen molar-refractivity contribution in [1.82, 2.24) is 14.6 Å². The monoisotopic (exact) mass is 333 g/mol. The third kappa shape index (κ3) is 2.46. The number of hydrogen-bond donors (Lipinski definition) is 1. The molecule has 0 spiro atoms. The lowest BCUT2D eigenvalue weighted by Gasteiger charge is -2.07. The van der Waals surface area contributed by atoms with Gasteiger partial charge in [-0.3, -0.25) is 9.89 Å². The van der Waals surface area contributed by atoms with Crippen molar-refractivity contribution in [2.75, 3.05) is 0 Å². The van der Waals surface area contributed by atoms with Crippen molar-refractivity contribution in [3.05, 3.63) is 62.6 Å². The van der Waals surface area contributed by atoms with Crippen molar-refractivity contribution in [2.24, 2.45) is 0 Å². The fraction of sp³-hybridized carbons (Fsp3) is 0.143. The van der Waals surface area contributed by atoms with Crippen LogP contribution in [0.5, 0.6) is 5.75 Å². The quantitative estimate of drug-likeness (QED) is 0.801. The van der Waals surface area contributed by atoms with Gasteiger partial charge in [-0.2, -0.15) is 0 Å². The lowest BCUT2D eigenvalue weighted by atomic mass is 10.3. The largest absolute Gasteiger partial charge is 0.486 e. The van der Waals surface area contributed by atoms with Gasteiger partial charge in [-0.05, 0) is 35.0 Å². The Hall–Kier alpha value is -2.08. The van der Waals surface area contributed by atoms with E-state index in [0.29, 0.717) is 11.3 Å². The summed E-state index contributed by atoms with van der Waals surface area (Å²) >= 11 is 3.41. The molecule has 0 aliphatic carbocycles. The van der Waals surface area contributed by atoms with E-state index in [-0.39, 0.29) is 12.2 Å². The number of aromatic nitrogens is 3. The van der Waals surface area contributed by atoms with Crippen LogP contribution in [0.3, 0.4) is 0 Å². The highest BCUT2D eigenvalue weighted by Gasteiger charge is 2.06. The Morgan fingerprint density at radius 2 is 2.15 bits per heavy atom. The summed E-state index contributed by atoms with van der Waals surface area (Å²) in [5.41, 5.74) is 1.94. The van der Waals surface area contributed by atoms with Gasteiger partial charge < -0.3 is 4.74 Å². The third-order valence-corrected chi connectivity index (χ3v) is 3.50. The fourth-order valence-corrected chi connectivity index (χ4v) is 2.35. The summed E-state index contributed by atoms with van der Waals surface area (Å²) in [6, 6.07) is 10.9. The topological polar surface area (TPSA) is 59.4 Å². The molecule has 0 saturated carbocycles. The number of halogens is 1. The first kappa shape index (κ1) is 12.9. The number of benzene rings is 1. The molecule has 3 aromatic rings. The molecule has 0 aliphatic heterocycles. The molecule has 3 rings (SSSR count). The molecule has 0 unspecified atom stereocenters. The first-order valence-electron chi connectivity index (χ1n) is 6.09. The van der Waals surface area contributed by atoms with Crippen LogP contribution >= 0.6 is 15.9 Å². The van der Waals surface area contributed by atoms with Gasteiger partial charge in [0.05, 0.1) is 10.2 Å². The molecule has 0 aliphatic rings. The molecule has 20 heavy (non-hydrogen) atoms. The maximum Gasteiger partial charge on any atom is 0.273 e. The summed E-state index contributed by atoms with van der Waals surface area (Å²) in [7, 11) is 0. The summed E-state index contributed by atoms with van der Waals surface area (Å²) in [6.45, 7) is 2.13. The van der Waals surface area contributed by atoms with Gasteiger partial charge in [0.2, 0.25) is 0 Å². The Kier molecular flexibility index (Phi) is 3.31. The number of rotatable bonds is 3. The molecule has 0 radical (unpaired) electrons. The molecule has 0 fully saturated rings. The number of aryl methyl sites for hydroxylation is 1. The number of hydrogen-bond acceptors (Lipinski definition) is 3. The summed E-state index contributed by atoms with van der Waals surface area (Å²) in [5, 5.41) is 2.93. The maximum absolute atomic E-state index is 11.9. The Balaban J connectivity index is 1.88. The zero-order valence-electron chi connectivity index (χ0n) is 10.8. The minimum atomic E-state index is -0.145. The van der Waals surface area contributed by atoms with E-state index in [1.807, 2.05) is 37.3 Å². The van der Waals surface area contributed by atoms with Crippen molar-refractivity contribution < 1.29 is 4.74 Å². The van der Waals surface area contributed by atoms with Crippen molar-refractivity contribution in [1.29, 1.82) is 0 Å². The first-order chi connectivity index (χ1) is 9.63. The lowest BCUT2D eigenvalue weighted by Crippen LogP contribution is -2.16. The van der Waals surface area contributed by atoms with Crippen LogP contribution in [-0.4, -0.2) is 14.6 Å². The molecule has 102 valence electrons. The van der Waals surface area contributed by atoms with Crippen LogP contribution in [0.15, 0.2) is 45.7 Å². The summed E-state index contributed by atoms with van der Waals surface area (Å²) < 4.78 is 7.95. The van der Waals surface area contributed by atoms with Crippen LogP contribution in [0.1, 0.15) is 11.4 Å². The molecule has 5 nitrogen and oxygen atoms in total. The Morgan fingerprint density at radius 3 is 2.95 bits per heavy atom. The number of H-pyrrole nitrogens is 1. The molecule has 1 aromatic carbocycles. The van der Waals surface area contributed by atoms with Gasteiger partial charge in [0.15, 0.2) is 5.65 Å². The van der Waals surface area contributed by atoms with E-state index in [2.05, 4.69) is 26.0 Å². The van der Waals surface area contributed by atoms with E-state index in [4.69, 9.17) is 4.74 Å². The number of nitrogens with zero attached hydrogens (tertiary/aromatic N) is 2. The van der Waals surface area contributed by atoms with E-state index < -0.39 is 0 Å². The zero-order valence-corrected chi connectivity index (χ0v) is 12.3. The number of para-hydroxylation sites is 1. The summed E-state index contributed by atoms with van der Waals surface area (Å²) in [6.07, 6.45) is 0. The molecule has 0 amide bonds. The summed E-state index contributed by atoms with van der Waals surface area (Å²) in [5.74, 6) is 0.722. The second-order valence-electron chi connectivity index (χ2n) is 4.44. The maximum atomic E-state index is 11.9. The first-order valence-corrected chi connectivity index (χ1v) is 6.88. The highest BCUT2D eigenvalue weighted by Crippen LogP contribution is 2.24. The van der Waals surface area contributed by atoms with Crippen LogP contribution < -0.4 is 10.3 Å². The van der Waals surface area contributed by atoms with Crippen LogP contribution in [0, 0.1) is 6.92 Å². The molecule has 0 bridgehead atoms. The van der Waals surface area contributed by atoms with E-state index in [1.54, 1.807) is 0 Å². The molecule has 0 atom stereocenters. The highest BCUT2D eigenvalue weighted by atomic mass is 79.9. The number of fused-ring (bicyclic) bond motifs is 1.